The Hall–Kier alpha value is -1.97. The van der Waals surface area contributed by atoms with Crippen LogP contribution in [0.25, 0.3) is 0 Å². The summed E-state index contributed by atoms with van der Waals surface area (Å²) in [6.45, 7) is 0.598. The van der Waals surface area contributed by atoms with Gasteiger partial charge < -0.3 is 5.73 Å². The number of aromatic nitrogens is 4. The lowest BCUT2D eigenvalue weighted by Gasteiger charge is -2.08. The van der Waals surface area contributed by atoms with Gasteiger partial charge in [-0.25, -0.2) is 14.6 Å². The molecule has 0 spiro atoms. The maximum atomic E-state index is 12.6. The van der Waals surface area contributed by atoms with Gasteiger partial charge in [0.05, 0.1) is 17.6 Å². The fraction of sp³-hybridized carbons (Fsp3) is 0.500. The van der Waals surface area contributed by atoms with E-state index in [-0.39, 0.29) is 24.5 Å². The molecule has 0 radical (unpaired) electrons. The number of carbonyl (C=O) groups is 1. The van der Waals surface area contributed by atoms with Crippen LogP contribution in [0, 0.1) is 6.92 Å². The monoisotopic (exact) mass is 333 g/mol. The first-order valence-electron chi connectivity index (χ1n) is 6.41. The Morgan fingerprint density at radius 1 is 1.41 bits per heavy atom. The van der Waals surface area contributed by atoms with Gasteiger partial charge in [0.15, 0.2) is 5.82 Å². The molecule has 0 aliphatic rings. The molecule has 0 aliphatic carbocycles. The molecule has 0 bridgehead atoms. The van der Waals surface area contributed by atoms with Crippen LogP contribution in [0.1, 0.15) is 22.2 Å². The highest BCUT2D eigenvalue weighted by Crippen LogP contribution is 2.20. The van der Waals surface area contributed by atoms with Crippen LogP contribution in [0.15, 0.2) is 5.51 Å². The number of alkyl halides is 3. The van der Waals surface area contributed by atoms with E-state index in [0.717, 1.165) is 15.3 Å². The van der Waals surface area contributed by atoms with Crippen molar-refractivity contribution >= 4 is 17.2 Å². The molecule has 0 unspecified atom stereocenters. The number of nitrogens with zero attached hydrogens (tertiary/aromatic N) is 4. The minimum absolute atomic E-state index is 0.00720. The van der Waals surface area contributed by atoms with Crippen LogP contribution in [-0.4, -0.2) is 31.8 Å². The topological polar surface area (TPSA) is 86.7 Å². The molecule has 10 heteroatoms. The number of halogens is 3. The van der Waals surface area contributed by atoms with Crippen molar-refractivity contribution in [3.8, 4) is 0 Å². The third kappa shape index (κ3) is 4.52. The van der Waals surface area contributed by atoms with E-state index in [1.165, 1.54) is 11.3 Å². The Morgan fingerprint density at radius 3 is 2.68 bits per heavy atom. The highest BCUT2D eigenvalue weighted by Gasteiger charge is 2.30. The quantitative estimate of drug-likeness (QED) is 0.866. The summed E-state index contributed by atoms with van der Waals surface area (Å²) in [6.07, 6.45) is -3.89. The molecule has 1 amide bonds. The maximum absolute atomic E-state index is 12.6. The van der Waals surface area contributed by atoms with Gasteiger partial charge in [-0.15, -0.1) is 11.3 Å². The second-order valence-electron chi connectivity index (χ2n) is 4.72. The van der Waals surface area contributed by atoms with Crippen molar-refractivity contribution in [1.29, 1.82) is 0 Å². The Morgan fingerprint density at radius 2 is 2.14 bits per heavy atom. The molecule has 0 aromatic carbocycles. The molecule has 120 valence electrons. The van der Waals surface area contributed by atoms with Gasteiger partial charge in [-0.2, -0.15) is 18.3 Å². The number of nitrogens with two attached hydrogens (primary N) is 1. The number of aryl methyl sites for hydroxylation is 3. The van der Waals surface area contributed by atoms with E-state index in [2.05, 4.69) is 15.1 Å². The average Bonchev–Trinajstić information content (AvgIpc) is 2.91. The van der Waals surface area contributed by atoms with Crippen LogP contribution in [0.2, 0.25) is 0 Å². The van der Waals surface area contributed by atoms with Gasteiger partial charge >= 0.3 is 6.18 Å². The zero-order chi connectivity index (χ0) is 16.3. The zero-order valence-electron chi connectivity index (χ0n) is 11.7. The minimum Gasteiger partial charge on any atom is -0.369 e. The van der Waals surface area contributed by atoms with E-state index < -0.39 is 18.6 Å². The number of hydrogen-bond donors (Lipinski definition) is 1. The molecule has 22 heavy (non-hydrogen) atoms. The van der Waals surface area contributed by atoms with E-state index in [1.807, 2.05) is 6.92 Å². The second-order valence-corrected chi connectivity index (χ2v) is 5.66. The largest absolute Gasteiger partial charge is 0.408 e. The lowest BCUT2D eigenvalue weighted by atomic mass is 10.2. The van der Waals surface area contributed by atoms with Crippen molar-refractivity contribution < 1.29 is 18.0 Å². The molecule has 2 N–H and O–H groups in total. The maximum Gasteiger partial charge on any atom is 0.408 e. The van der Waals surface area contributed by atoms with Gasteiger partial charge in [-0.05, 0) is 13.3 Å². The predicted molar refractivity (Wildman–Crippen MR) is 73.2 cm³/mol. The third-order valence-electron chi connectivity index (χ3n) is 2.87. The third-order valence-corrected chi connectivity index (χ3v) is 3.87. The lowest BCUT2D eigenvalue weighted by molar-refractivity contribution is -0.143. The van der Waals surface area contributed by atoms with E-state index in [9.17, 15) is 18.0 Å². The predicted octanol–water partition coefficient (Wildman–Crippen LogP) is 1.42. The van der Waals surface area contributed by atoms with Gasteiger partial charge in [0.1, 0.15) is 12.4 Å². The number of amides is 1. The van der Waals surface area contributed by atoms with Gasteiger partial charge in [-0.1, -0.05) is 0 Å². The summed E-state index contributed by atoms with van der Waals surface area (Å²) < 4.78 is 38.5. The number of thiazole rings is 1. The molecule has 0 saturated carbocycles. The van der Waals surface area contributed by atoms with Crippen LogP contribution in [0.3, 0.4) is 0 Å². The molecule has 6 nitrogen and oxygen atoms in total. The van der Waals surface area contributed by atoms with E-state index in [4.69, 9.17) is 5.73 Å². The van der Waals surface area contributed by atoms with Crippen LogP contribution < -0.4 is 5.73 Å². The number of hydrogen-bond acceptors (Lipinski definition) is 5. The summed E-state index contributed by atoms with van der Waals surface area (Å²) in [6, 6.07) is 0. The standard InChI is InChI=1S/C12H14F3N5OS/c1-7-8(22-6-17-7)2-3-11-18-10(4-9(16)21)19-20(11)5-12(13,14)15/h6H,2-5H2,1H3,(H2,16,21). The molecule has 0 atom stereocenters. The molecule has 2 aromatic rings. The van der Waals surface area contributed by atoms with Gasteiger partial charge in [0, 0.05) is 11.3 Å². The first kappa shape index (κ1) is 16.4. The lowest BCUT2D eigenvalue weighted by Crippen LogP contribution is -2.21. The van der Waals surface area contributed by atoms with E-state index in [0.29, 0.717) is 6.42 Å². The summed E-state index contributed by atoms with van der Waals surface area (Å²) in [7, 11) is 0. The van der Waals surface area contributed by atoms with Crippen molar-refractivity contribution in [2.24, 2.45) is 5.73 Å². The minimum atomic E-state index is -4.41. The molecule has 2 rings (SSSR count). The molecule has 0 fully saturated rings. The summed E-state index contributed by atoms with van der Waals surface area (Å²) in [5.74, 6) is -0.497. The fourth-order valence-electron chi connectivity index (χ4n) is 1.93. The summed E-state index contributed by atoms with van der Waals surface area (Å²) in [5.41, 5.74) is 7.56. The molecule has 2 aromatic heterocycles. The Kier molecular flexibility index (Phi) is 4.79. The van der Waals surface area contributed by atoms with Crippen molar-refractivity contribution in [2.75, 3.05) is 0 Å². The van der Waals surface area contributed by atoms with Crippen molar-refractivity contribution in [3.05, 3.63) is 27.7 Å². The highest BCUT2D eigenvalue weighted by atomic mass is 32.1. The highest BCUT2D eigenvalue weighted by molar-refractivity contribution is 7.09. The van der Waals surface area contributed by atoms with Gasteiger partial charge in [0.2, 0.25) is 5.91 Å². The molecule has 2 heterocycles. The zero-order valence-corrected chi connectivity index (χ0v) is 12.5. The number of carbonyl (C=O) groups excluding carboxylic acids is 1. The normalized spacial score (nSPS) is 11.8. The Bertz CT molecular complexity index is 664. The summed E-state index contributed by atoms with van der Waals surface area (Å²) in [5, 5.41) is 3.73. The second kappa shape index (κ2) is 6.42. The van der Waals surface area contributed by atoms with Crippen molar-refractivity contribution in [1.82, 2.24) is 19.7 Å². The Balaban J connectivity index is 2.17. The molecular weight excluding hydrogens is 319 g/mol. The van der Waals surface area contributed by atoms with E-state index in [1.54, 1.807) is 5.51 Å². The molecule has 0 saturated heterocycles. The van der Waals surface area contributed by atoms with E-state index >= 15 is 0 Å². The average molecular weight is 333 g/mol. The Labute approximate surface area is 128 Å². The van der Waals surface area contributed by atoms with Crippen LogP contribution in [0.5, 0.6) is 0 Å². The smallest absolute Gasteiger partial charge is 0.369 e. The van der Waals surface area contributed by atoms with Gasteiger partial charge in [-0.3, -0.25) is 4.79 Å². The van der Waals surface area contributed by atoms with Crippen LogP contribution in [-0.2, 0) is 30.6 Å². The first-order chi connectivity index (χ1) is 10.2. The van der Waals surface area contributed by atoms with Crippen molar-refractivity contribution in [3.63, 3.8) is 0 Å². The summed E-state index contributed by atoms with van der Waals surface area (Å²) >= 11 is 1.44. The fourth-order valence-corrected chi connectivity index (χ4v) is 2.71. The molecule has 0 aliphatic heterocycles. The van der Waals surface area contributed by atoms with Crippen LogP contribution in [0.4, 0.5) is 13.2 Å². The number of primary amides is 1. The van der Waals surface area contributed by atoms with Crippen LogP contribution >= 0.6 is 11.3 Å². The van der Waals surface area contributed by atoms with Crippen molar-refractivity contribution in [2.45, 2.75) is 38.9 Å². The molecular formula is C12H14F3N5OS. The number of rotatable bonds is 6. The SMILES string of the molecule is Cc1ncsc1CCc1nc(CC(N)=O)nn1CC(F)(F)F. The van der Waals surface area contributed by atoms with Gasteiger partial charge in [0.25, 0.3) is 0 Å². The first-order valence-corrected chi connectivity index (χ1v) is 7.29. The summed E-state index contributed by atoms with van der Waals surface area (Å²) in [4.78, 5) is 19.9.